The Morgan fingerprint density at radius 3 is 2.64 bits per heavy atom. The van der Waals surface area contributed by atoms with Crippen LogP contribution in [-0.4, -0.2) is 62.6 Å². The van der Waals surface area contributed by atoms with Crippen LogP contribution in [0.1, 0.15) is 51.8 Å². The minimum atomic E-state index is -0.684. The van der Waals surface area contributed by atoms with Crippen LogP contribution in [0.2, 0.25) is 0 Å². The highest BCUT2D eigenvalue weighted by Crippen LogP contribution is 2.46. The van der Waals surface area contributed by atoms with Crippen LogP contribution in [0.15, 0.2) is 6.20 Å². The molecule has 138 valence electrons. The second kappa shape index (κ2) is 6.40. The van der Waals surface area contributed by atoms with Crippen LogP contribution in [-0.2, 0) is 15.0 Å². The number of likely N-dealkylation sites (tertiary alicyclic amines) is 1. The molecule has 1 aliphatic carbocycles. The van der Waals surface area contributed by atoms with Crippen LogP contribution in [0, 0.1) is 5.92 Å². The highest BCUT2D eigenvalue weighted by Gasteiger charge is 2.44. The molecule has 2 fully saturated rings. The molecule has 0 radical (unpaired) electrons. The topological polar surface area (TPSA) is 100 Å². The van der Waals surface area contributed by atoms with Crippen molar-refractivity contribution < 1.29 is 14.7 Å². The zero-order valence-electron chi connectivity index (χ0n) is 15.3. The number of amides is 2. The fourth-order valence-corrected chi connectivity index (χ4v) is 3.48. The lowest BCUT2D eigenvalue weighted by Crippen LogP contribution is -2.48. The Hall–Kier alpha value is -1.96. The Kier molecular flexibility index (Phi) is 4.57. The fourth-order valence-electron chi connectivity index (χ4n) is 3.48. The maximum atomic E-state index is 13.2. The molecule has 2 amide bonds. The maximum Gasteiger partial charge on any atom is 0.248 e. The summed E-state index contributed by atoms with van der Waals surface area (Å²) >= 11 is 0. The maximum absolute atomic E-state index is 13.2. The van der Waals surface area contributed by atoms with Crippen molar-refractivity contribution in [2.75, 3.05) is 13.6 Å². The molecule has 3 atom stereocenters. The average Bonchev–Trinajstić information content (AvgIpc) is 2.99. The Labute approximate surface area is 147 Å². The van der Waals surface area contributed by atoms with E-state index in [9.17, 15) is 14.7 Å². The summed E-state index contributed by atoms with van der Waals surface area (Å²) in [7, 11) is 1.54. The fraction of sp³-hybridized carbons (Fsp3) is 0.765. The molecule has 0 spiro atoms. The summed E-state index contributed by atoms with van der Waals surface area (Å²) in [6, 6.07) is -1.18. The zero-order chi connectivity index (χ0) is 18.4. The number of nitrogens with zero attached hydrogens (tertiary/aromatic N) is 4. The summed E-state index contributed by atoms with van der Waals surface area (Å²) < 4.78 is 1.62. The molecular formula is C17H27N5O3. The van der Waals surface area contributed by atoms with Crippen molar-refractivity contribution in [2.45, 2.75) is 63.6 Å². The van der Waals surface area contributed by atoms with Gasteiger partial charge in [0.25, 0.3) is 0 Å². The lowest BCUT2D eigenvalue weighted by Gasteiger charge is -2.29. The number of hydrogen-bond acceptors (Lipinski definition) is 5. The molecule has 0 bridgehead atoms. The third-order valence-corrected chi connectivity index (χ3v) is 5.41. The number of aromatic nitrogens is 3. The van der Waals surface area contributed by atoms with Crippen LogP contribution in [0.5, 0.6) is 0 Å². The van der Waals surface area contributed by atoms with Crippen LogP contribution >= 0.6 is 0 Å². The normalized spacial score (nSPS) is 25.9. The van der Waals surface area contributed by atoms with Gasteiger partial charge in [0.1, 0.15) is 12.1 Å². The molecule has 1 aromatic rings. The molecule has 1 unspecified atom stereocenters. The van der Waals surface area contributed by atoms with E-state index in [1.54, 1.807) is 4.68 Å². The van der Waals surface area contributed by atoms with E-state index in [2.05, 4.69) is 22.6 Å². The van der Waals surface area contributed by atoms with E-state index in [4.69, 9.17) is 0 Å². The summed E-state index contributed by atoms with van der Waals surface area (Å²) in [5, 5.41) is 21.0. The Morgan fingerprint density at radius 1 is 1.40 bits per heavy atom. The van der Waals surface area contributed by atoms with Crippen molar-refractivity contribution in [1.29, 1.82) is 0 Å². The third kappa shape index (κ3) is 3.27. The van der Waals surface area contributed by atoms with Gasteiger partial charge in [0.05, 0.1) is 11.8 Å². The van der Waals surface area contributed by atoms with Crippen molar-refractivity contribution in [2.24, 2.45) is 5.92 Å². The van der Waals surface area contributed by atoms with Crippen molar-refractivity contribution in [3.05, 3.63) is 11.9 Å². The number of β-amino-alcohol motifs (C(OH)–C–C–N with tert-alkyl or cyclic N) is 1. The summed E-state index contributed by atoms with van der Waals surface area (Å²) in [5.74, 6) is -0.466. The average molecular weight is 349 g/mol. The first-order valence-corrected chi connectivity index (χ1v) is 8.89. The van der Waals surface area contributed by atoms with E-state index in [1.165, 1.54) is 11.9 Å². The van der Waals surface area contributed by atoms with Crippen LogP contribution in [0.25, 0.3) is 0 Å². The molecule has 1 aromatic heterocycles. The van der Waals surface area contributed by atoms with Gasteiger partial charge in [0, 0.05) is 31.6 Å². The van der Waals surface area contributed by atoms with E-state index in [1.807, 2.05) is 20.0 Å². The number of aliphatic hydroxyl groups excluding tert-OH is 1. The lowest BCUT2D eigenvalue weighted by molar-refractivity contribution is -0.142. The second-order valence-electron chi connectivity index (χ2n) is 7.84. The quantitative estimate of drug-likeness (QED) is 0.793. The van der Waals surface area contributed by atoms with E-state index < -0.39 is 18.2 Å². The van der Waals surface area contributed by atoms with E-state index >= 15 is 0 Å². The number of nitrogens with one attached hydrogen (secondary N) is 1. The predicted octanol–water partition coefficient (Wildman–Crippen LogP) is 0.234. The van der Waals surface area contributed by atoms with Gasteiger partial charge in [0.2, 0.25) is 11.8 Å². The Balaban J connectivity index is 1.86. The largest absolute Gasteiger partial charge is 0.391 e. The smallest absolute Gasteiger partial charge is 0.248 e. The molecule has 25 heavy (non-hydrogen) atoms. The van der Waals surface area contributed by atoms with Crippen molar-refractivity contribution in [3.63, 3.8) is 0 Å². The molecule has 3 rings (SSSR count). The Morgan fingerprint density at radius 2 is 2.08 bits per heavy atom. The number of carbonyl (C=O) groups is 2. The van der Waals surface area contributed by atoms with Gasteiger partial charge in [-0.05, 0) is 18.8 Å². The SMILES string of the molecule is CNC(=O)[C@@H]1C[C@@H](O)CN1C(=O)C(C(C)C)n1cc(C2(C)CC2)nn1. The standard InChI is InChI=1S/C17H27N5O3/c1-10(2)14(22-9-13(19-20-22)17(3)5-6-17)16(25)21-8-11(23)7-12(21)15(24)18-4/h9-12,14,23H,5-8H2,1-4H3,(H,18,24)/t11-,12+,14?/m1/s1. The molecule has 8 heteroatoms. The lowest BCUT2D eigenvalue weighted by atomic mass is 10.0. The first kappa shape index (κ1) is 17.8. The molecule has 1 saturated carbocycles. The highest BCUT2D eigenvalue weighted by molar-refractivity contribution is 5.89. The van der Waals surface area contributed by atoms with Crippen molar-refractivity contribution >= 4 is 11.8 Å². The molecule has 2 N–H and O–H groups in total. The van der Waals surface area contributed by atoms with E-state index in [-0.39, 0.29) is 36.1 Å². The predicted molar refractivity (Wildman–Crippen MR) is 90.7 cm³/mol. The zero-order valence-corrected chi connectivity index (χ0v) is 15.3. The molecule has 2 aliphatic rings. The van der Waals surface area contributed by atoms with Gasteiger partial charge < -0.3 is 15.3 Å². The van der Waals surface area contributed by atoms with Gasteiger partial charge in [-0.15, -0.1) is 5.10 Å². The third-order valence-electron chi connectivity index (χ3n) is 5.41. The molecule has 8 nitrogen and oxygen atoms in total. The summed E-state index contributed by atoms with van der Waals surface area (Å²) in [4.78, 5) is 26.8. The van der Waals surface area contributed by atoms with Gasteiger partial charge in [-0.3, -0.25) is 9.59 Å². The number of hydrogen-bond donors (Lipinski definition) is 2. The van der Waals surface area contributed by atoms with E-state index in [0.29, 0.717) is 0 Å². The summed E-state index contributed by atoms with van der Waals surface area (Å²) in [6.07, 6.45) is 3.61. The number of carbonyl (C=O) groups excluding carboxylic acids is 2. The van der Waals surface area contributed by atoms with Gasteiger partial charge >= 0.3 is 0 Å². The Bertz CT molecular complexity index is 667. The highest BCUT2D eigenvalue weighted by atomic mass is 16.3. The summed E-state index contributed by atoms with van der Waals surface area (Å²) in [5.41, 5.74) is 0.993. The monoisotopic (exact) mass is 349 g/mol. The molecule has 0 aromatic carbocycles. The van der Waals surface area contributed by atoms with Gasteiger partial charge in [-0.25, -0.2) is 4.68 Å². The molecular weight excluding hydrogens is 322 g/mol. The van der Waals surface area contributed by atoms with Crippen LogP contribution in [0.3, 0.4) is 0 Å². The van der Waals surface area contributed by atoms with Crippen LogP contribution in [0.4, 0.5) is 0 Å². The van der Waals surface area contributed by atoms with Crippen molar-refractivity contribution in [3.8, 4) is 0 Å². The minimum absolute atomic E-state index is 0.0165. The first-order valence-electron chi connectivity index (χ1n) is 8.89. The summed E-state index contributed by atoms with van der Waals surface area (Å²) in [6.45, 7) is 6.21. The van der Waals surface area contributed by atoms with E-state index in [0.717, 1.165) is 18.5 Å². The minimum Gasteiger partial charge on any atom is -0.391 e. The number of likely N-dealkylation sites (N-methyl/N-ethyl adjacent to an activating group) is 1. The number of rotatable bonds is 5. The second-order valence-corrected chi connectivity index (χ2v) is 7.84. The molecule has 1 aliphatic heterocycles. The van der Waals surface area contributed by atoms with Crippen molar-refractivity contribution in [1.82, 2.24) is 25.2 Å². The number of aliphatic hydroxyl groups is 1. The molecule has 1 saturated heterocycles. The first-order chi connectivity index (χ1) is 11.8. The van der Waals surface area contributed by atoms with Gasteiger partial charge in [-0.2, -0.15) is 0 Å². The van der Waals surface area contributed by atoms with Gasteiger partial charge in [0.15, 0.2) is 0 Å². The van der Waals surface area contributed by atoms with Crippen LogP contribution < -0.4 is 5.32 Å². The van der Waals surface area contributed by atoms with Gasteiger partial charge in [-0.1, -0.05) is 26.0 Å². The molecule has 2 heterocycles.